The van der Waals surface area contributed by atoms with Crippen molar-refractivity contribution in [2.75, 3.05) is 30.3 Å². The number of amides is 1. The number of nitrogens with zero attached hydrogens (tertiary/aromatic N) is 2. The lowest BCUT2D eigenvalue weighted by atomic mass is 9.97. The Morgan fingerprint density at radius 1 is 1.35 bits per heavy atom. The van der Waals surface area contributed by atoms with Crippen molar-refractivity contribution in [1.29, 1.82) is 0 Å². The molecule has 4 N–H and O–H groups in total. The van der Waals surface area contributed by atoms with Gasteiger partial charge in [0.15, 0.2) is 0 Å². The van der Waals surface area contributed by atoms with Crippen LogP contribution in [0, 0.1) is 0 Å². The largest absolute Gasteiger partial charge is 0.398 e. The van der Waals surface area contributed by atoms with Crippen molar-refractivity contribution in [2.24, 2.45) is 5.73 Å². The van der Waals surface area contributed by atoms with E-state index in [1.165, 1.54) is 0 Å². The fraction of sp³-hybridized carbons (Fsp3) is 0.533. The highest BCUT2D eigenvalue weighted by atomic mass is 16.2. The molecule has 1 saturated heterocycles. The molecule has 1 heterocycles. The molecule has 2 rings (SSSR count). The fourth-order valence-electron chi connectivity index (χ4n) is 3.05. The Kier molecular flexibility index (Phi) is 3.90. The third-order valence-corrected chi connectivity index (χ3v) is 4.01. The summed E-state index contributed by atoms with van der Waals surface area (Å²) in [6.07, 6.45) is 0. The second-order valence-corrected chi connectivity index (χ2v) is 5.95. The molecule has 5 heteroatoms. The second kappa shape index (κ2) is 5.32. The SMILES string of the molecule is CC(=O)N1CCN(c2cccc(N)c2CN)CC1(C)C. The Morgan fingerprint density at radius 3 is 2.60 bits per heavy atom. The Morgan fingerprint density at radius 2 is 2.05 bits per heavy atom. The van der Waals surface area contributed by atoms with Gasteiger partial charge in [0.2, 0.25) is 5.91 Å². The van der Waals surface area contributed by atoms with Crippen LogP contribution in [0.3, 0.4) is 0 Å². The first kappa shape index (κ1) is 14.7. The van der Waals surface area contributed by atoms with Crippen molar-refractivity contribution >= 4 is 17.3 Å². The highest BCUT2D eigenvalue weighted by molar-refractivity contribution is 5.75. The van der Waals surface area contributed by atoms with Gasteiger partial charge in [-0.2, -0.15) is 0 Å². The Bertz CT molecular complexity index is 513. The quantitative estimate of drug-likeness (QED) is 0.795. The molecule has 0 aromatic heterocycles. The van der Waals surface area contributed by atoms with Crippen molar-refractivity contribution in [1.82, 2.24) is 4.90 Å². The number of anilines is 2. The summed E-state index contributed by atoms with van der Waals surface area (Å²) < 4.78 is 0. The molecule has 1 aromatic rings. The van der Waals surface area contributed by atoms with E-state index in [9.17, 15) is 4.79 Å². The zero-order chi connectivity index (χ0) is 14.9. The molecular formula is C15H24N4O. The zero-order valence-corrected chi connectivity index (χ0v) is 12.5. The van der Waals surface area contributed by atoms with Gasteiger partial charge in [-0.15, -0.1) is 0 Å². The van der Waals surface area contributed by atoms with Gasteiger partial charge >= 0.3 is 0 Å². The van der Waals surface area contributed by atoms with Crippen LogP contribution >= 0.6 is 0 Å². The van der Waals surface area contributed by atoms with E-state index < -0.39 is 0 Å². The highest BCUT2D eigenvalue weighted by Gasteiger charge is 2.35. The summed E-state index contributed by atoms with van der Waals surface area (Å²) in [7, 11) is 0. The summed E-state index contributed by atoms with van der Waals surface area (Å²) in [6.45, 7) is 8.55. The first-order valence-corrected chi connectivity index (χ1v) is 6.97. The van der Waals surface area contributed by atoms with E-state index >= 15 is 0 Å². The van der Waals surface area contributed by atoms with Crippen LogP contribution in [0.4, 0.5) is 11.4 Å². The van der Waals surface area contributed by atoms with Crippen LogP contribution in [0.5, 0.6) is 0 Å². The van der Waals surface area contributed by atoms with E-state index in [4.69, 9.17) is 11.5 Å². The molecular weight excluding hydrogens is 252 g/mol. The van der Waals surface area contributed by atoms with Crippen LogP contribution in [0.15, 0.2) is 18.2 Å². The molecule has 1 amide bonds. The van der Waals surface area contributed by atoms with Gasteiger partial charge in [0.05, 0.1) is 5.54 Å². The molecule has 110 valence electrons. The molecule has 20 heavy (non-hydrogen) atoms. The maximum Gasteiger partial charge on any atom is 0.220 e. The Balaban J connectivity index is 2.29. The van der Waals surface area contributed by atoms with Crippen LogP contribution in [0.2, 0.25) is 0 Å². The summed E-state index contributed by atoms with van der Waals surface area (Å²) in [5.74, 6) is 0.126. The van der Waals surface area contributed by atoms with Crippen molar-refractivity contribution in [3.63, 3.8) is 0 Å². The third-order valence-electron chi connectivity index (χ3n) is 4.01. The average Bonchev–Trinajstić information content (AvgIpc) is 2.36. The Hall–Kier alpha value is -1.75. The molecule has 1 fully saturated rings. The van der Waals surface area contributed by atoms with Crippen LogP contribution in [-0.2, 0) is 11.3 Å². The summed E-state index contributed by atoms with van der Waals surface area (Å²) in [4.78, 5) is 15.9. The van der Waals surface area contributed by atoms with E-state index in [1.54, 1.807) is 6.92 Å². The topological polar surface area (TPSA) is 75.6 Å². The van der Waals surface area contributed by atoms with Crippen LogP contribution in [0.25, 0.3) is 0 Å². The molecule has 0 saturated carbocycles. The summed E-state index contributed by atoms with van der Waals surface area (Å²) in [6, 6.07) is 5.88. The maximum absolute atomic E-state index is 11.7. The lowest BCUT2D eigenvalue weighted by Crippen LogP contribution is -2.60. The smallest absolute Gasteiger partial charge is 0.220 e. The minimum absolute atomic E-state index is 0.126. The predicted octanol–water partition coefficient (Wildman–Crippen LogP) is 1.17. The van der Waals surface area contributed by atoms with E-state index in [-0.39, 0.29) is 11.4 Å². The lowest BCUT2D eigenvalue weighted by molar-refractivity contribution is -0.134. The standard InChI is InChI=1S/C15H24N4O/c1-11(20)19-8-7-18(10-15(19,2)3)14-6-4-5-13(17)12(14)9-16/h4-6H,7-10,16-17H2,1-3H3. The summed E-state index contributed by atoms with van der Waals surface area (Å²) in [5.41, 5.74) is 14.5. The number of nitrogen functional groups attached to an aromatic ring is 1. The molecule has 5 nitrogen and oxygen atoms in total. The monoisotopic (exact) mass is 276 g/mol. The minimum atomic E-state index is -0.194. The minimum Gasteiger partial charge on any atom is -0.398 e. The zero-order valence-electron chi connectivity index (χ0n) is 12.5. The van der Waals surface area contributed by atoms with E-state index in [0.29, 0.717) is 6.54 Å². The van der Waals surface area contributed by atoms with Gasteiger partial charge in [-0.05, 0) is 26.0 Å². The highest BCUT2D eigenvalue weighted by Crippen LogP contribution is 2.30. The second-order valence-electron chi connectivity index (χ2n) is 5.95. The Labute approximate surface area is 120 Å². The molecule has 0 radical (unpaired) electrons. The number of nitrogens with two attached hydrogens (primary N) is 2. The lowest BCUT2D eigenvalue weighted by Gasteiger charge is -2.48. The van der Waals surface area contributed by atoms with Crippen LogP contribution < -0.4 is 16.4 Å². The van der Waals surface area contributed by atoms with Crippen LogP contribution in [0.1, 0.15) is 26.3 Å². The number of hydrogen-bond acceptors (Lipinski definition) is 4. The summed E-state index contributed by atoms with van der Waals surface area (Å²) >= 11 is 0. The molecule has 0 spiro atoms. The average molecular weight is 276 g/mol. The number of piperazine rings is 1. The molecule has 0 aliphatic carbocycles. The van der Waals surface area contributed by atoms with Gasteiger partial charge in [-0.1, -0.05) is 6.07 Å². The molecule has 1 aliphatic heterocycles. The molecule has 0 bridgehead atoms. The van der Waals surface area contributed by atoms with Crippen molar-refractivity contribution in [3.05, 3.63) is 23.8 Å². The number of carbonyl (C=O) groups excluding carboxylic acids is 1. The van der Waals surface area contributed by atoms with Crippen LogP contribution in [-0.4, -0.2) is 36.0 Å². The predicted molar refractivity (Wildman–Crippen MR) is 82.4 cm³/mol. The number of carbonyl (C=O) groups is 1. The van der Waals surface area contributed by atoms with Crippen molar-refractivity contribution in [2.45, 2.75) is 32.9 Å². The van der Waals surface area contributed by atoms with Gasteiger partial charge in [0, 0.05) is 50.0 Å². The van der Waals surface area contributed by atoms with Crippen molar-refractivity contribution in [3.8, 4) is 0 Å². The normalized spacial score (nSPS) is 18.2. The van der Waals surface area contributed by atoms with E-state index in [2.05, 4.69) is 24.8 Å². The van der Waals surface area contributed by atoms with Crippen molar-refractivity contribution < 1.29 is 4.79 Å². The maximum atomic E-state index is 11.7. The van der Waals surface area contributed by atoms with Gasteiger partial charge in [-0.25, -0.2) is 0 Å². The first-order chi connectivity index (χ1) is 9.36. The van der Waals surface area contributed by atoms with Gasteiger partial charge in [-0.3, -0.25) is 4.79 Å². The number of rotatable bonds is 2. The van der Waals surface area contributed by atoms with E-state index in [0.717, 1.165) is 36.6 Å². The van der Waals surface area contributed by atoms with E-state index in [1.807, 2.05) is 17.0 Å². The molecule has 0 atom stereocenters. The molecule has 1 aliphatic rings. The molecule has 1 aromatic carbocycles. The summed E-state index contributed by atoms with van der Waals surface area (Å²) in [5, 5.41) is 0. The first-order valence-electron chi connectivity index (χ1n) is 6.97. The van der Waals surface area contributed by atoms with Gasteiger partial charge in [0.1, 0.15) is 0 Å². The number of benzene rings is 1. The van der Waals surface area contributed by atoms with Gasteiger partial charge in [0.25, 0.3) is 0 Å². The molecule has 0 unspecified atom stereocenters. The number of hydrogen-bond donors (Lipinski definition) is 2. The fourth-order valence-corrected chi connectivity index (χ4v) is 3.05. The third kappa shape index (κ3) is 2.58. The van der Waals surface area contributed by atoms with Gasteiger partial charge < -0.3 is 21.3 Å².